The molecule has 0 aliphatic carbocycles. The summed E-state index contributed by atoms with van der Waals surface area (Å²) in [7, 11) is 0. The molecule has 6 rings (SSSR count). The summed E-state index contributed by atoms with van der Waals surface area (Å²) >= 11 is 1.66. The molecule has 0 saturated carbocycles. The molecule has 0 unspecified atom stereocenters. The van der Waals surface area contributed by atoms with Crippen LogP contribution in [0.1, 0.15) is 34.7 Å². The van der Waals surface area contributed by atoms with Crippen molar-refractivity contribution >= 4 is 11.8 Å². The van der Waals surface area contributed by atoms with Crippen LogP contribution in [-0.4, -0.2) is 53.9 Å². The first kappa shape index (κ1) is 36.0. The van der Waals surface area contributed by atoms with Gasteiger partial charge in [0.2, 0.25) is 0 Å². The summed E-state index contributed by atoms with van der Waals surface area (Å²) in [6.45, 7) is 3.58. The molecule has 6 nitrogen and oxygen atoms in total. The number of aliphatic hydroxyl groups is 1. The molecule has 5 aromatic carbocycles. The summed E-state index contributed by atoms with van der Waals surface area (Å²) in [4.78, 5) is 0. The maximum Gasteiger partial charge on any atom is 0.138 e. The normalized spacial score (nSPS) is 20.8. The van der Waals surface area contributed by atoms with E-state index in [-0.39, 0.29) is 6.61 Å². The highest BCUT2D eigenvalue weighted by Crippen LogP contribution is 2.37. The van der Waals surface area contributed by atoms with E-state index in [0.29, 0.717) is 26.4 Å². The van der Waals surface area contributed by atoms with E-state index >= 15 is 0 Å². The molecule has 0 spiro atoms. The largest absolute Gasteiger partial charge is 0.378 e. The second kappa shape index (κ2) is 18.4. The Morgan fingerprint density at radius 1 is 0.560 bits per heavy atom. The Labute approximate surface area is 300 Å². The molecule has 1 aliphatic rings. The van der Waals surface area contributed by atoms with Crippen molar-refractivity contribution in [1.29, 1.82) is 0 Å². The summed E-state index contributed by atoms with van der Waals surface area (Å²) in [5.74, 6) is 0.796. The zero-order valence-corrected chi connectivity index (χ0v) is 29.3. The molecule has 5 aromatic rings. The fourth-order valence-electron chi connectivity index (χ4n) is 6.26. The van der Waals surface area contributed by atoms with Gasteiger partial charge in [0.05, 0.1) is 33.0 Å². The first-order valence-corrected chi connectivity index (χ1v) is 18.3. The van der Waals surface area contributed by atoms with E-state index in [0.717, 1.165) is 33.6 Å². The van der Waals surface area contributed by atoms with Crippen LogP contribution in [-0.2, 0) is 49.1 Å². The summed E-state index contributed by atoms with van der Waals surface area (Å²) in [5.41, 5.74) is 2.85. The van der Waals surface area contributed by atoms with Crippen molar-refractivity contribution in [1.82, 2.24) is 0 Å². The lowest BCUT2D eigenvalue weighted by Crippen LogP contribution is -2.61. The van der Waals surface area contributed by atoms with Gasteiger partial charge in [-0.2, -0.15) is 0 Å². The van der Waals surface area contributed by atoms with Crippen molar-refractivity contribution in [2.75, 3.05) is 19.0 Å². The van der Waals surface area contributed by atoms with Crippen molar-refractivity contribution in [3.63, 3.8) is 0 Å². The van der Waals surface area contributed by atoms with Gasteiger partial charge in [-0.15, -0.1) is 11.8 Å². The molecule has 1 fully saturated rings. The molecule has 5 atom stereocenters. The SMILES string of the molecule is CCS[C@@H]1O[C@H](COCc2ccccc2)[C@@H](OCc2ccccc2)[C@H](OCc2ccccc2)[C@H]1OCC(O)(c1ccccc1)c1ccccc1. The van der Waals surface area contributed by atoms with Gasteiger partial charge >= 0.3 is 0 Å². The average molecular weight is 691 g/mol. The topological polar surface area (TPSA) is 66.4 Å². The Kier molecular flexibility index (Phi) is 13.3. The molecular formula is C43H46O6S. The Hall–Kier alpha value is -3.79. The third-order valence-electron chi connectivity index (χ3n) is 8.87. The minimum Gasteiger partial charge on any atom is -0.378 e. The molecule has 260 valence electrons. The van der Waals surface area contributed by atoms with Gasteiger partial charge in [0.25, 0.3) is 0 Å². The van der Waals surface area contributed by atoms with E-state index in [2.05, 4.69) is 31.2 Å². The lowest BCUT2D eigenvalue weighted by atomic mass is 9.87. The third-order valence-corrected chi connectivity index (χ3v) is 9.91. The van der Waals surface area contributed by atoms with Crippen LogP contribution in [0, 0.1) is 0 Å². The third kappa shape index (κ3) is 9.50. The predicted octanol–water partition coefficient (Wildman–Crippen LogP) is 8.17. The number of hydrogen-bond donors (Lipinski definition) is 1. The van der Waals surface area contributed by atoms with Crippen LogP contribution in [0.25, 0.3) is 0 Å². The predicted molar refractivity (Wildman–Crippen MR) is 199 cm³/mol. The van der Waals surface area contributed by atoms with E-state index in [9.17, 15) is 5.11 Å². The molecule has 0 bridgehead atoms. The van der Waals surface area contributed by atoms with E-state index in [1.54, 1.807) is 11.8 Å². The first-order valence-electron chi connectivity index (χ1n) is 17.3. The zero-order valence-electron chi connectivity index (χ0n) is 28.5. The van der Waals surface area contributed by atoms with E-state index in [4.69, 9.17) is 23.7 Å². The van der Waals surface area contributed by atoms with Gasteiger partial charge in [0.1, 0.15) is 35.5 Å². The highest BCUT2D eigenvalue weighted by Gasteiger charge is 2.49. The number of thioether (sulfide) groups is 1. The van der Waals surface area contributed by atoms with Crippen molar-refractivity contribution in [3.8, 4) is 0 Å². The van der Waals surface area contributed by atoms with E-state index < -0.39 is 35.5 Å². The number of ether oxygens (including phenoxy) is 5. The van der Waals surface area contributed by atoms with Crippen molar-refractivity contribution in [2.24, 2.45) is 0 Å². The Morgan fingerprint density at radius 2 is 1.00 bits per heavy atom. The van der Waals surface area contributed by atoms with Crippen LogP contribution < -0.4 is 0 Å². The lowest BCUT2D eigenvalue weighted by Gasteiger charge is -2.46. The highest BCUT2D eigenvalue weighted by atomic mass is 32.2. The molecule has 1 aliphatic heterocycles. The molecular weight excluding hydrogens is 645 g/mol. The molecule has 0 radical (unpaired) electrons. The van der Waals surface area contributed by atoms with Crippen molar-refractivity contribution in [2.45, 2.75) is 62.2 Å². The molecule has 0 amide bonds. The maximum atomic E-state index is 12.4. The molecule has 1 saturated heterocycles. The number of rotatable bonds is 17. The van der Waals surface area contributed by atoms with Gasteiger partial charge in [-0.1, -0.05) is 159 Å². The van der Waals surface area contributed by atoms with Crippen molar-refractivity contribution in [3.05, 3.63) is 179 Å². The Bertz CT molecular complexity index is 1620. The molecule has 7 heteroatoms. The van der Waals surface area contributed by atoms with Crippen molar-refractivity contribution < 1.29 is 28.8 Å². The van der Waals surface area contributed by atoms with Gasteiger partial charge in [0.15, 0.2) is 0 Å². The van der Waals surface area contributed by atoms with Crippen LogP contribution in [0.5, 0.6) is 0 Å². The minimum absolute atomic E-state index is 0.0123. The second-order valence-corrected chi connectivity index (χ2v) is 13.8. The number of hydrogen-bond acceptors (Lipinski definition) is 7. The summed E-state index contributed by atoms with van der Waals surface area (Å²) in [5, 5.41) is 12.4. The standard InChI is InChI=1S/C43H46O6S/c1-2-50-42-41(48-32-43(44,36-24-14-6-15-25-36)37-26-16-7-17-27-37)40(47-30-35-22-12-5-13-23-35)39(46-29-34-20-10-4-11-21-34)38(49-42)31-45-28-33-18-8-3-9-19-33/h3-27,38-42,44H,2,28-32H2,1H3/t38-,39-,40+,41-,42+/m1/s1. The van der Waals surface area contributed by atoms with Gasteiger partial charge in [-0.05, 0) is 33.6 Å². The Morgan fingerprint density at radius 3 is 1.48 bits per heavy atom. The quantitative estimate of drug-likeness (QED) is 0.106. The molecule has 50 heavy (non-hydrogen) atoms. The average Bonchev–Trinajstić information content (AvgIpc) is 3.18. The van der Waals surface area contributed by atoms with Gasteiger partial charge in [-0.25, -0.2) is 0 Å². The van der Waals surface area contributed by atoms with Crippen LogP contribution >= 0.6 is 11.8 Å². The fraction of sp³-hybridized carbons (Fsp3) is 0.302. The summed E-state index contributed by atoms with van der Waals surface area (Å²) in [6, 6.07) is 49.7. The number of benzene rings is 5. The maximum absolute atomic E-state index is 12.4. The van der Waals surface area contributed by atoms with Crippen LogP contribution in [0.2, 0.25) is 0 Å². The summed E-state index contributed by atoms with van der Waals surface area (Å²) < 4.78 is 33.7. The summed E-state index contributed by atoms with van der Waals surface area (Å²) in [6.07, 6.45) is -2.09. The van der Waals surface area contributed by atoms with E-state index in [1.165, 1.54) is 0 Å². The Balaban J connectivity index is 1.32. The van der Waals surface area contributed by atoms with Gasteiger partial charge in [-0.3, -0.25) is 0 Å². The van der Waals surface area contributed by atoms with E-state index in [1.807, 2.05) is 127 Å². The monoisotopic (exact) mass is 690 g/mol. The smallest absolute Gasteiger partial charge is 0.138 e. The zero-order chi connectivity index (χ0) is 34.4. The second-order valence-electron chi connectivity index (χ2n) is 12.4. The molecule has 1 heterocycles. The van der Waals surface area contributed by atoms with Crippen LogP contribution in [0.4, 0.5) is 0 Å². The van der Waals surface area contributed by atoms with Gasteiger partial charge in [0, 0.05) is 0 Å². The first-order chi connectivity index (χ1) is 24.6. The molecule has 1 N–H and O–H groups in total. The highest BCUT2D eigenvalue weighted by molar-refractivity contribution is 7.99. The van der Waals surface area contributed by atoms with Gasteiger partial charge < -0.3 is 28.8 Å². The fourth-order valence-corrected chi connectivity index (χ4v) is 7.23. The minimum atomic E-state index is -1.41. The van der Waals surface area contributed by atoms with Crippen LogP contribution in [0.3, 0.4) is 0 Å². The molecule has 0 aromatic heterocycles. The lowest BCUT2D eigenvalue weighted by molar-refractivity contribution is -0.258. The van der Waals surface area contributed by atoms with Crippen LogP contribution in [0.15, 0.2) is 152 Å².